The summed E-state index contributed by atoms with van der Waals surface area (Å²) in [6.07, 6.45) is 0. The van der Waals surface area contributed by atoms with Crippen molar-refractivity contribution in [3.63, 3.8) is 0 Å². The van der Waals surface area contributed by atoms with Crippen molar-refractivity contribution in [2.75, 3.05) is 39.4 Å². The molecular weight excluding hydrogens is 493 g/mol. The summed E-state index contributed by atoms with van der Waals surface area (Å²) in [5.41, 5.74) is 1.62. The van der Waals surface area contributed by atoms with Gasteiger partial charge < -0.3 is 19.5 Å². The molecule has 186 valence electrons. The van der Waals surface area contributed by atoms with Gasteiger partial charge in [0.2, 0.25) is 0 Å². The molecule has 2 heterocycles. The van der Waals surface area contributed by atoms with Gasteiger partial charge in [-0.05, 0) is 36.4 Å². The van der Waals surface area contributed by atoms with Crippen LogP contribution in [-0.2, 0) is 24.5 Å². The van der Waals surface area contributed by atoms with Crippen LogP contribution in [0.5, 0.6) is 5.75 Å². The fourth-order valence-corrected chi connectivity index (χ4v) is 4.68. The molecule has 0 atom stereocenters. The highest BCUT2D eigenvalue weighted by atomic mass is 35.5. The molecule has 1 aromatic heterocycles. The number of benzene rings is 2. The van der Waals surface area contributed by atoms with Gasteiger partial charge in [0.1, 0.15) is 23.2 Å². The number of rotatable bonds is 10. The highest BCUT2D eigenvalue weighted by Crippen LogP contribution is 2.26. The van der Waals surface area contributed by atoms with E-state index in [1.54, 1.807) is 34.5 Å². The Morgan fingerprint density at radius 3 is 2.83 bits per heavy atom. The minimum atomic E-state index is -0.457. The maximum absolute atomic E-state index is 13.8. The summed E-state index contributed by atoms with van der Waals surface area (Å²) in [6.45, 7) is 4.41. The van der Waals surface area contributed by atoms with E-state index in [0.29, 0.717) is 42.8 Å². The van der Waals surface area contributed by atoms with E-state index < -0.39 is 5.82 Å². The molecule has 7 nitrogen and oxygen atoms in total. The molecule has 0 spiro atoms. The van der Waals surface area contributed by atoms with Gasteiger partial charge in [-0.3, -0.25) is 9.69 Å². The maximum Gasteiger partial charge on any atom is 0.254 e. The van der Waals surface area contributed by atoms with Crippen LogP contribution in [0.3, 0.4) is 0 Å². The first-order valence-electron chi connectivity index (χ1n) is 11.3. The quantitative estimate of drug-likeness (QED) is 0.437. The average Bonchev–Trinajstić information content (AvgIpc) is 3.34. The summed E-state index contributed by atoms with van der Waals surface area (Å²) >= 11 is 7.69. The van der Waals surface area contributed by atoms with Crippen LogP contribution in [0.4, 0.5) is 4.39 Å². The number of aromatic nitrogens is 1. The molecular formula is C25H27ClFN3O4S. The smallest absolute Gasteiger partial charge is 0.254 e. The molecule has 1 amide bonds. The fourth-order valence-electron chi connectivity index (χ4n) is 3.79. The highest BCUT2D eigenvalue weighted by Gasteiger charge is 2.21. The minimum Gasteiger partial charge on any atom is -0.486 e. The number of thiazole rings is 1. The molecule has 0 unspecified atom stereocenters. The second-order valence-electron chi connectivity index (χ2n) is 8.12. The van der Waals surface area contributed by atoms with Gasteiger partial charge in [0.05, 0.1) is 25.5 Å². The molecule has 0 bridgehead atoms. The van der Waals surface area contributed by atoms with Crippen molar-refractivity contribution in [2.45, 2.75) is 19.8 Å². The van der Waals surface area contributed by atoms with Crippen molar-refractivity contribution < 1.29 is 23.8 Å². The second kappa shape index (κ2) is 12.4. The van der Waals surface area contributed by atoms with E-state index >= 15 is 0 Å². The second-order valence-corrected chi connectivity index (χ2v) is 9.50. The van der Waals surface area contributed by atoms with Crippen molar-refractivity contribution in [1.29, 1.82) is 0 Å². The molecule has 1 aliphatic heterocycles. The van der Waals surface area contributed by atoms with E-state index in [-0.39, 0.29) is 31.2 Å². The van der Waals surface area contributed by atoms with Crippen LogP contribution in [0.15, 0.2) is 47.8 Å². The molecule has 1 aliphatic rings. The van der Waals surface area contributed by atoms with E-state index in [1.807, 2.05) is 0 Å². The van der Waals surface area contributed by atoms with Crippen molar-refractivity contribution in [3.05, 3.63) is 80.5 Å². The summed E-state index contributed by atoms with van der Waals surface area (Å²) in [7, 11) is 0. The molecule has 2 aromatic carbocycles. The first-order valence-corrected chi connectivity index (χ1v) is 12.6. The zero-order valence-electron chi connectivity index (χ0n) is 19.2. The maximum atomic E-state index is 13.8. The van der Waals surface area contributed by atoms with Crippen molar-refractivity contribution >= 4 is 28.8 Å². The van der Waals surface area contributed by atoms with E-state index in [4.69, 9.17) is 21.1 Å². The number of morpholine rings is 1. The predicted octanol–water partition coefficient (Wildman–Crippen LogP) is 3.98. The standard InChI is InChI=1S/C25H27ClFN3O4S/c26-20-4-5-23(34-16-24-28-22(15-31)17-35-24)19(12-20)14-30(7-6-29-8-10-33-11-9-29)25(32)18-2-1-3-21(27)13-18/h1-5,12-13,17,31H,6-11,14-16H2. The van der Waals surface area contributed by atoms with Gasteiger partial charge in [-0.1, -0.05) is 17.7 Å². The number of hydrogen-bond acceptors (Lipinski definition) is 7. The lowest BCUT2D eigenvalue weighted by Gasteiger charge is -2.30. The molecule has 10 heteroatoms. The summed E-state index contributed by atoms with van der Waals surface area (Å²) in [5.74, 6) is -0.142. The van der Waals surface area contributed by atoms with Gasteiger partial charge in [-0.25, -0.2) is 9.37 Å². The van der Waals surface area contributed by atoms with Crippen LogP contribution in [-0.4, -0.2) is 65.2 Å². The number of carbonyl (C=O) groups is 1. The number of halogens is 2. The summed E-state index contributed by atoms with van der Waals surface area (Å²) in [5, 5.41) is 12.3. The van der Waals surface area contributed by atoms with Gasteiger partial charge in [-0.15, -0.1) is 11.3 Å². The van der Waals surface area contributed by atoms with E-state index in [0.717, 1.165) is 23.7 Å². The largest absolute Gasteiger partial charge is 0.486 e. The molecule has 3 aromatic rings. The molecule has 35 heavy (non-hydrogen) atoms. The van der Waals surface area contributed by atoms with Crippen LogP contribution in [0.25, 0.3) is 0 Å². The lowest BCUT2D eigenvalue weighted by atomic mass is 10.1. The average molecular weight is 520 g/mol. The normalized spacial score (nSPS) is 14.1. The van der Waals surface area contributed by atoms with Gasteiger partial charge in [0.15, 0.2) is 0 Å². The molecule has 1 fully saturated rings. The minimum absolute atomic E-state index is 0.122. The Bertz CT molecular complexity index is 1140. The third-order valence-corrected chi connectivity index (χ3v) is 6.75. The fraction of sp³-hybridized carbons (Fsp3) is 0.360. The molecule has 4 rings (SSSR count). The Morgan fingerprint density at radius 1 is 1.26 bits per heavy atom. The van der Waals surface area contributed by atoms with Crippen molar-refractivity contribution in [1.82, 2.24) is 14.8 Å². The van der Waals surface area contributed by atoms with Crippen LogP contribution in [0.2, 0.25) is 5.02 Å². The third kappa shape index (κ3) is 7.22. The predicted molar refractivity (Wildman–Crippen MR) is 132 cm³/mol. The molecule has 0 saturated carbocycles. The Morgan fingerprint density at radius 2 is 2.09 bits per heavy atom. The van der Waals surface area contributed by atoms with Crippen molar-refractivity contribution in [3.8, 4) is 5.75 Å². The third-order valence-electron chi connectivity index (χ3n) is 5.64. The monoisotopic (exact) mass is 519 g/mol. The Hall–Kier alpha value is -2.56. The zero-order valence-corrected chi connectivity index (χ0v) is 20.7. The number of hydrogen-bond donors (Lipinski definition) is 1. The molecule has 0 radical (unpaired) electrons. The Balaban J connectivity index is 1.53. The van der Waals surface area contributed by atoms with Gasteiger partial charge >= 0.3 is 0 Å². The Labute approximate surface area is 212 Å². The van der Waals surface area contributed by atoms with E-state index in [9.17, 15) is 14.3 Å². The van der Waals surface area contributed by atoms with Crippen LogP contribution < -0.4 is 4.74 Å². The van der Waals surface area contributed by atoms with Gasteiger partial charge in [-0.2, -0.15) is 0 Å². The number of ether oxygens (including phenoxy) is 2. The van der Waals surface area contributed by atoms with Crippen LogP contribution in [0.1, 0.15) is 26.6 Å². The lowest BCUT2D eigenvalue weighted by Crippen LogP contribution is -2.43. The van der Waals surface area contributed by atoms with Crippen LogP contribution >= 0.6 is 22.9 Å². The van der Waals surface area contributed by atoms with Crippen molar-refractivity contribution in [2.24, 2.45) is 0 Å². The summed E-state index contributed by atoms with van der Waals surface area (Å²) in [4.78, 5) is 21.6. The van der Waals surface area contributed by atoms with Crippen LogP contribution in [0, 0.1) is 5.82 Å². The number of aliphatic hydroxyl groups excluding tert-OH is 1. The number of nitrogens with zero attached hydrogens (tertiary/aromatic N) is 3. The number of aliphatic hydroxyl groups is 1. The topological polar surface area (TPSA) is 75.1 Å². The summed E-state index contributed by atoms with van der Waals surface area (Å²) in [6, 6.07) is 11.0. The lowest BCUT2D eigenvalue weighted by molar-refractivity contribution is 0.0320. The first kappa shape index (κ1) is 25.5. The number of carbonyl (C=O) groups excluding carboxylic acids is 1. The molecule has 1 N–H and O–H groups in total. The van der Waals surface area contributed by atoms with Gasteiger partial charge in [0.25, 0.3) is 5.91 Å². The molecule has 1 saturated heterocycles. The van der Waals surface area contributed by atoms with Gasteiger partial charge in [0, 0.05) is 54.3 Å². The Kier molecular flexibility index (Phi) is 9.06. The summed E-state index contributed by atoms with van der Waals surface area (Å²) < 4.78 is 25.3. The van der Waals surface area contributed by atoms with E-state index in [1.165, 1.54) is 29.5 Å². The number of amides is 1. The zero-order chi connectivity index (χ0) is 24.6. The van der Waals surface area contributed by atoms with E-state index in [2.05, 4.69) is 9.88 Å². The molecule has 0 aliphatic carbocycles. The SMILES string of the molecule is O=C(c1cccc(F)c1)N(CCN1CCOCC1)Cc1cc(Cl)ccc1OCc1nc(CO)cs1. The first-order chi connectivity index (χ1) is 17.0. The highest BCUT2D eigenvalue weighted by molar-refractivity contribution is 7.09.